The van der Waals surface area contributed by atoms with Crippen molar-refractivity contribution in [2.45, 2.75) is 54.1 Å². The minimum absolute atomic E-state index is 0.415. The van der Waals surface area contributed by atoms with Crippen LogP contribution in [0.15, 0.2) is 71.4 Å². The van der Waals surface area contributed by atoms with Gasteiger partial charge in [0.25, 0.3) is 0 Å². The van der Waals surface area contributed by atoms with Gasteiger partial charge in [-0.25, -0.2) is 4.79 Å². The largest absolute Gasteiger partial charge is 0.478 e. The van der Waals surface area contributed by atoms with Crippen molar-refractivity contribution in [2.75, 3.05) is 0 Å². The number of hydrogen-bond donors (Lipinski definition) is 1. The van der Waals surface area contributed by atoms with E-state index in [1.165, 1.54) is 13.1 Å². The van der Waals surface area contributed by atoms with Gasteiger partial charge in [0.2, 0.25) is 5.60 Å². The molecule has 3 rings (SSSR count). The van der Waals surface area contributed by atoms with Gasteiger partial charge in [-0.15, -0.1) is 0 Å². The van der Waals surface area contributed by atoms with Gasteiger partial charge >= 0.3 is 5.97 Å². The fourth-order valence-electron chi connectivity index (χ4n) is 2.32. The summed E-state index contributed by atoms with van der Waals surface area (Å²) in [6.45, 7) is 13.5. The zero-order valence-corrected chi connectivity index (χ0v) is 18.5. The summed E-state index contributed by atoms with van der Waals surface area (Å²) in [4.78, 5) is 11.9. The quantitative estimate of drug-likeness (QED) is 0.511. The molecule has 1 heterocycles. The zero-order chi connectivity index (χ0) is 22.3. The van der Waals surface area contributed by atoms with E-state index in [4.69, 9.17) is 9.26 Å². The average Bonchev–Trinajstić information content (AvgIpc) is 3.33. The Morgan fingerprint density at radius 1 is 0.897 bits per heavy atom. The molecule has 0 spiro atoms. The number of hydrogen-bond acceptors (Lipinski definition) is 4. The third-order valence-corrected chi connectivity index (χ3v) is 3.64. The molecule has 0 aliphatic rings. The first-order chi connectivity index (χ1) is 14.1. The van der Waals surface area contributed by atoms with Gasteiger partial charge in [0.05, 0.1) is 11.8 Å². The maximum Gasteiger partial charge on any atom is 0.352 e. The average molecular weight is 400 g/mol. The van der Waals surface area contributed by atoms with Gasteiger partial charge in [-0.3, -0.25) is 0 Å². The standard InChI is InChI=1S/C18H15NO4.3C2H6/c1-18(17(20)21,13-7-3-2-4-8-13)22-15-10-6-5-9-14(15)16-11-12-19-23-16;3*1-2/h2-12H,1H3,(H,20,21);3*1-2H3. The smallest absolute Gasteiger partial charge is 0.352 e. The summed E-state index contributed by atoms with van der Waals surface area (Å²) in [6.07, 6.45) is 1.53. The lowest BCUT2D eigenvalue weighted by atomic mass is 9.95. The molecule has 0 saturated carbocycles. The van der Waals surface area contributed by atoms with Crippen molar-refractivity contribution in [1.82, 2.24) is 5.16 Å². The molecule has 0 fully saturated rings. The highest BCUT2D eigenvalue weighted by Crippen LogP contribution is 2.35. The summed E-state index contributed by atoms with van der Waals surface area (Å²) in [7, 11) is 0. The predicted molar refractivity (Wildman–Crippen MR) is 118 cm³/mol. The molecule has 29 heavy (non-hydrogen) atoms. The lowest BCUT2D eigenvalue weighted by Crippen LogP contribution is -2.38. The minimum Gasteiger partial charge on any atom is -0.478 e. The summed E-state index contributed by atoms with van der Waals surface area (Å²) >= 11 is 0. The van der Waals surface area contributed by atoms with Crippen molar-refractivity contribution >= 4 is 5.97 Å². The number of aromatic nitrogens is 1. The molecule has 0 amide bonds. The van der Waals surface area contributed by atoms with E-state index in [0.29, 0.717) is 22.6 Å². The number of para-hydroxylation sites is 1. The Morgan fingerprint density at radius 3 is 1.97 bits per heavy atom. The molecule has 0 bridgehead atoms. The van der Waals surface area contributed by atoms with Crippen molar-refractivity contribution in [2.24, 2.45) is 0 Å². The fraction of sp³-hybridized carbons (Fsp3) is 0.333. The molecule has 1 unspecified atom stereocenters. The van der Waals surface area contributed by atoms with E-state index in [0.717, 1.165) is 0 Å². The second kappa shape index (κ2) is 14.0. The molecule has 2 aromatic carbocycles. The van der Waals surface area contributed by atoms with Gasteiger partial charge in [-0.05, 0) is 19.1 Å². The van der Waals surface area contributed by atoms with Gasteiger partial charge in [0.15, 0.2) is 5.76 Å². The first-order valence-electron chi connectivity index (χ1n) is 10.1. The second-order valence-electron chi connectivity index (χ2n) is 5.18. The lowest BCUT2D eigenvalue weighted by molar-refractivity contribution is -0.154. The molecule has 0 saturated heterocycles. The SMILES string of the molecule is CC.CC.CC.CC(Oc1ccccc1-c1ccno1)(C(=O)O)c1ccccc1. The molecular formula is C24H33NO4. The monoisotopic (exact) mass is 399 g/mol. The third kappa shape index (κ3) is 6.79. The lowest BCUT2D eigenvalue weighted by Gasteiger charge is -2.27. The molecule has 0 aliphatic heterocycles. The van der Waals surface area contributed by atoms with Gasteiger partial charge < -0.3 is 14.4 Å². The first-order valence-corrected chi connectivity index (χ1v) is 10.1. The van der Waals surface area contributed by atoms with Crippen LogP contribution in [-0.4, -0.2) is 16.2 Å². The Balaban J connectivity index is 0.00000120. The predicted octanol–water partition coefficient (Wildman–Crippen LogP) is 6.80. The number of rotatable bonds is 5. The van der Waals surface area contributed by atoms with Crippen LogP contribution in [0, 0.1) is 0 Å². The molecule has 5 heteroatoms. The van der Waals surface area contributed by atoms with Crippen molar-refractivity contribution in [3.05, 3.63) is 72.4 Å². The molecule has 3 aromatic rings. The third-order valence-electron chi connectivity index (χ3n) is 3.64. The van der Waals surface area contributed by atoms with Crippen LogP contribution < -0.4 is 4.74 Å². The number of ether oxygens (including phenoxy) is 1. The van der Waals surface area contributed by atoms with Gasteiger partial charge in [-0.2, -0.15) is 0 Å². The van der Waals surface area contributed by atoms with Crippen molar-refractivity contribution in [1.29, 1.82) is 0 Å². The van der Waals surface area contributed by atoms with E-state index in [2.05, 4.69) is 5.16 Å². The Labute approximate surface area is 174 Å². The van der Waals surface area contributed by atoms with Crippen LogP contribution in [0.25, 0.3) is 11.3 Å². The second-order valence-corrected chi connectivity index (χ2v) is 5.18. The molecule has 0 radical (unpaired) electrons. The minimum atomic E-state index is -1.52. The molecule has 158 valence electrons. The molecule has 1 aromatic heterocycles. The Bertz CT molecular complexity index is 801. The number of benzene rings is 2. The highest BCUT2D eigenvalue weighted by Gasteiger charge is 2.38. The molecule has 1 atom stereocenters. The normalized spacial score (nSPS) is 11.1. The zero-order valence-electron chi connectivity index (χ0n) is 18.5. The Morgan fingerprint density at radius 2 is 1.45 bits per heavy atom. The van der Waals surface area contributed by atoms with Crippen LogP contribution in [0.1, 0.15) is 54.0 Å². The van der Waals surface area contributed by atoms with Gasteiger partial charge in [-0.1, -0.05) is 89.2 Å². The molecule has 5 nitrogen and oxygen atoms in total. The van der Waals surface area contributed by atoms with E-state index < -0.39 is 11.6 Å². The van der Waals surface area contributed by atoms with Crippen LogP contribution >= 0.6 is 0 Å². The van der Waals surface area contributed by atoms with E-state index in [1.54, 1.807) is 48.5 Å². The fourth-order valence-corrected chi connectivity index (χ4v) is 2.32. The number of aliphatic carboxylic acids is 1. The van der Waals surface area contributed by atoms with Crippen molar-refractivity contribution < 1.29 is 19.2 Å². The number of carboxylic acid groups (broad SMARTS) is 1. The first kappa shape index (κ1) is 25.9. The summed E-state index contributed by atoms with van der Waals surface area (Å²) in [5.41, 5.74) is -0.314. The van der Waals surface area contributed by atoms with Crippen LogP contribution in [0.5, 0.6) is 5.75 Å². The van der Waals surface area contributed by atoms with Gasteiger partial charge in [0, 0.05) is 11.6 Å². The molecular weight excluding hydrogens is 366 g/mol. The Hall–Kier alpha value is -3.08. The number of carbonyl (C=O) groups is 1. The summed E-state index contributed by atoms with van der Waals surface area (Å²) in [5, 5.41) is 13.4. The highest BCUT2D eigenvalue weighted by molar-refractivity contribution is 5.80. The maximum atomic E-state index is 11.9. The van der Waals surface area contributed by atoms with Crippen molar-refractivity contribution in [3.63, 3.8) is 0 Å². The van der Waals surface area contributed by atoms with Gasteiger partial charge in [0.1, 0.15) is 5.75 Å². The van der Waals surface area contributed by atoms with E-state index in [1.807, 2.05) is 53.7 Å². The van der Waals surface area contributed by atoms with Crippen molar-refractivity contribution in [3.8, 4) is 17.1 Å². The summed E-state index contributed by atoms with van der Waals surface area (Å²) < 4.78 is 11.1. The number of carboxylic acids is 1. The molecule has 1 N–H and O–H groups in total. The van der Waals surface area contributed by atoms with Crippen LogP contribution in [-0.2, 0) is 10.4 Å². The van der Waals surface area contributed by atoms with E-state index >= 15 is 0 Å². The molecule has 0 aliphatic carbocycles. The summed E-state index contributed by atoms with van der Waals surface area (Å²) in [5.74, 6) is -0.143. The van der Waals surface area contributed by atoms with Crippen LogP contribution in [0.3, 0.4) is 0 Å². The number of nitrogens with zero attached hydrogens (tertiary/aromatic N) is 1. The van der Waals surface area contributed by atoms with E-state index in [9.17, 15) is 9.90 Å². The Kier molecular flexibility index (Phi) is 12.5. The highest BCUT2D eigenvalue weighted by atomic mass is 16.5. The summed E-state index contributed by atoms with van der Waals surface area (Å²) in [6, 6.07) is 17.6. The van der Waals surface area contributed by atoms with Crippen LogP contribution in [0.2, 0.25) is 0 Å². The maximum absolute atomic E-state index is 11.9. The topological polar surface area (TPSA) is 72.6 Å². The van der Waals surface area contributed by atoms with Crippen LogP contribution in [0.4, 0.5) is 0 Å². The van der Waals surface area contributed by atoms with E-state index in [-0.39, 0.29) is 0 Å².